The molecule has 1 atom stereocenters. The van der Waals surface area contributed by atoms with Crippen molar-refractivity contribution in [2.24, 2.45) is 5.92 Å². The van der Waals surface area contributed by atoms with E-state index in [-0.39, 0.29) is 0 Å². The minimum absolute atomic E-state index is 0.648. The molecule has 2 rings (SSSR count). The molecule has 0 saturated heterocycles. The second-order valence-electron chi connectivity index (χ2n) is 4.94. The fourth-order valence-electron chi connectivity index (χ4n) is 2.54. The van der Waals surface area contributed by atoms with Gasteiger partial charge in [-0.15, -0.1) is 11.3 Å². The summed E-state index contributed by atoms with van der Waals surface area (Å²) in [4.78, 5) is 4.36. The molecule has 1 aromatic rings. The Morgan fingerprint density at radius 1 is 1.47 bits per heavy atom. The van der Waals surface area contributed by atoms with Crippen LogP contribution in [0, 0.1) is 12.8 Å². The van der Waals surface area contributed by atoms with E-state index in [0.29, 0.717) is 5.75 Å². The molecule has 96 valence electrons. The lowest BCUT2D eigenvalue weighted by Gasteiger charge is -2.07. The zero-order valence-electron chi connectivity index (χ0n) is 10.5. The average Bonchev–Trinajstić information content (AvgIpc) is 2.90. The molecule has 1 aliphatic carbocycles. The first-order valence-electron chi connectivity index (χ1n) is 6.50. The Morgan fingerprint density at radius 3 is 2.88 bits per heavy atom. The lowest BCUT2D eigenvalue weighted by molar-refractivity contribution is 0.497. The van der Waals surface area contributed by atoms with E-state index in [2.05, 4.69) is 4.98 Å². The van der Waals surface area contributed by atoms with Gasteiger partial charge < -0.3 is 0 Å². The van der Waals surface area contributed by atoms with E-state index in [4.69, 9.17) is 0 Å². The Hall–Kier alpha value is -0.220. The molecule has 1 saturated carbocycles. The number of nitrogens with zero attached hydrogens (tertiary/aromatic N) is 1. The van der Waals surface area contributed by atoms with Crippen LogP contribution >= 0.6 is 11.3 Å². The molecule has 17 heavy (non-hydrogen) atoms. The number of aromatic nitrogens is 1. The van der Waals surface area contributed by atoms with E-state index in [1.54, 1.807) is 11.3 Å². The van der Waals surface area contributed by atoms with Crippen LogP contribution in [-0.2, 0) is 16.6 Å². The minimum atomic E-state index is -0.713. The second-order valence-corrected chi connectivity index (χ2v) is 7.58. The molecule has 0 radical (unpaired) electrons. The largest absolute Gasteiger partial charge is 0.259 e. The van der Waals surface area contributed by atoms with Crippen LogP contribution in [0.4, 0.5) is 0 Å². The van der Waals surface area contributed by atoms with Gasteiger partial charge in [-0.3, -0.25) is 4.21 Å². The van der Waals surface area contributed by atoms with Crippen LogP contribution in [0.15, 0.2) is 5.38 Å². The fourth-order valence-corrected chi connectivity index (χ4v) is 4.37. The highest BCUT2D eigenvalue weighted by atomic mass is 32.2. The molecule has 1 aliphatic rings. The number of hydrogen-bond acceptors (Lipinski definition) is 3. The van der Waals surface area contributed by atoms with E-state index in [1.165, 1.54) is 32.1 Å². The molecule has 0 amide bonds. The molecule has 1 unspecified atom stereocenters. The standard InChI is InChI=1S/C13H21NOS2/c1-11-14-13(9-16-11)10-17(15)8-4-7-12-5-2-3-6-12/h9,12H,2-8,10H2,1H3. The maximum Gasteiger partial charge on any atom is 0.0897 e. The van der Waals surface area contributed by atoms with Gasteiger partial charge in [0.25, 0.3) is 0 Å². The third kappa shape index (κ3) is 4.51. The molecular weight excluding hydrogens is 250 g/mol. The van der Waals surface area contributed by atoms with Crippen molar-refractivity contribution < 1.29 is 4.21 Å². The van der Waals surface area contributed by atoms with E-state index in [0.717, 1.165) is 28.8 Å². The summed E-state index contributed by atoms with van der Waals surface area (Å²) in [6, 6.07) is 0. The average molecular weight is 271 g/mol. The van der Waals surface area contributed by atoms with Crippen LogP contribution in [-0.4, -0.2) is 14.9 Å². The molecule has 1 fully saturated rings. The third-order valence-corrected chi connectivity index (χ3v) is 5.62. The van der Waals surface area contributed by atoms with Crippen molar-refractivity contribution in [3.63, 3.8) is 0 Å². The Labute approximate surface area is 110 Å². The summed E-state index contributed by atoms with van der Waals surface area (Å²) in [5.74, 6) is 2.43. The maximum absolute atomic E-state index is 11.9. The predicted octanol–water partition coefficient (Wildman–Crippen LogP) is 3.67. The van der Waals surface area contributed by atoms with Crippen LogP contribution in [0.25, 0.3) is 0 Å². The van der Waals surface area contributed by atoms with Crippen molar-refractivity contribution in [3.05, 3.63) is 16.1 Å². The molecule has 4 heteroatoms. The van der Waals surface area contributed by atoms with E-state index < -0.39 is 10.8 Å². The summed E-state index contributed by atoms with van der Waals surface area (Å²) >= 11 is 1.65. The first kappa shape index (κ1) is 13.2. The smallest absolute Gasteiger partial charge is 0.0897 e. The number of hydrogen-bond donors (Lipinski definition) is 0. The van der Waals surface area contributed by atoms with Gasteiger partial charge in [-0.25, -0.2) is 4.98 Å². The van der Waals surface area contributed by atoms with Crippen molar-refractivity contribution in [1.29, 1.82) is 0 Å². The van der Waals surface area contributed by atoms with Gasteiger partial charge in [0.05, 0.1) is 16.5 Å². The van der Waals surface area contributed by atoms with Gasteiger partial charge in [0, 0.05) is 21.9 Å². The van der Waals surface area contributed by atoms with E-state index >= 15 is 0 Å². The monoisotopic (exact) mass is 271 g/mol. The molecule has 2 nitrogen and oxygen atoms in total. The highest BCUT2D eigenvalue weighted by Gasteiger charge is 2.14. The van der Waals surface area contributed by atoms with Gasteiger partial charge in [0.2, 0.25) is 0 Å². The zero-order chi connectivity index (χ0) is 12.1. The van der Waals surface area contributed by atoms with Gasteiger partial charge in [-0.05, 0) is 25.7 Å². The topological polar surface area (TPSA) is 30.0 Å². The summed E-state index contributed by atoms with van der Waals surface area (Å²) in [6.45, 7) is 2.00. The summed E-state index contributed by atoms with van der Waals surface area (Å²) in [6.07, 6.45) is 8.02. The first-order chi connectivity index (χ1) is 8.24. The predicted molar refractivity (Wildman–Crippen MR) is 74.8 cm³/mol. The Kier molecular flexibility index (Phi) is 5.16. The Bertz CT molecular complexity index is 369. The van der Waals surface area contributed by atoms with Gasteiger partial charge >= 0.3 is 0 Å². The molecule has 0 aromatic carbocycles. The molecule has 1 heterocycles. The van der Waals surface area contributed by atoms with Gasteiger partial charge in [-0.2, -0.15) is 0 Å². The lowest BCUT2D eigenvalue weighted by atomic mass is 10.0. The molecular formula is C13H21NOS2. The summed E-state index contributed by atoms with van der Waals surface area (Å²) in [5, 5.41) is 3.10. The molecule has 0 spiro atoms. The number of thiazole rings is 1. The van der Waals surface area contributed by atoms with Crippen LogP contribution in [0.3, 0.4) is 0 Å². The third-order valence-electron chi connectivity index (χ3n) is 3.43. The fraction of sp³-hybridized carbons (Fsp3) is 0.769. The van der Waals surface area contributed by atoms with Crippen molar-refractivity contribution in [2.75, 3.05) is 5.75 Å². The molecule has 0 N–H and O–H groups in total. The van der Waals surface area contributed by atoms with Crippen LogP contribution in [0.2, 0.25) is 0 Å². The molecule has 0 bridgehead atoms. The van der Waals surface area contributed by atoms with Crippen molar-refractivity contribution in [1.82, 2.24) is 4.98 Å². The summed E-state index contributed by atoms with van der Waals surface area (Å²) in [7, 11) is -0.713. The highest BCUT2D eigenvalue weighted by molar-refractivity contribution is 7.84. The summed E-state index contributed by atoms with van der Waals surface area (Å²) < 4.78 is 11.9. The van der Waals surface area contributed by atoms with Crippen molar-refractivity contribution in [3.8, 4) is 0 Å². The zero-order valence-corrected chi connectivity index (χ0v) is 12.1. The van der Waals surface area contributed by atoms with Crippen molar-refractivity contribution in [2.45, 2.75) is 51.2 Å². The quantitative estimate of drug-likeness (QED) is 0.790. The van der Waals surface area contributed by atoms with E-state index in [1.807, 2.05) is 12.3 Å². The normalized spacial score (nSPS) is 18.6. The molecule has 1 aromatic heterocycles. The van der Waals surface area contributed by atoms with Gasteiger partial charge in [0.15, 0.2) is 0 Å². The minimum Gasteiger partial charge on any atom is -0.259 e. The van der Waals surface area contributed by atoms with Crippen LogP contribution < -0.4 is 0 Å². The Balaban J connectivity index is 1.63. The van der Waals surface area contributed by atoms with Gasteiger partial charge in [0.1, 0.15) is 0 Å². The number of rotatable bonds is 6. The second kappa shape index (κ2) is 6.64. The molecule has 0 aliphatic heterocycles. The number of aryl methyl sites for hydroxylation is 1. The van der Waals surface area contributed by atoms with Crippen LogP contribution in [0.1, 0.15) is 49.2 Å². The van der Waals surface area contributed by atoms with E-state index in [9.17, 15) is 4.21 Å². The Morgan fingerprint density at radius 2 is 2.24 bits per heavy atom. The lowest BCUT2D eigenvalue weighted by Crippen LogP contribution is -2.03. The SMILES string of the molecule is Cc1nc(CS(=O)CCCC2CCCC2)cs1. The first-order valence-corrected chi connectivity index (χ1v) is 8.87. The summed E-state index contributed by atoms with van der Waals surface area (Å²) in [5.41, 5.74) is 1.01. The van der Waals surface area contributed by atoms with Gasteiger partial charge in [-0.1, -0.05) is 25.7 Å². The maximum atomic E-state index is 11.9. The van der Waals surface area contributed by atoms with Crippen molar-refractivity contribution >= 4 is 22.1 Å². The highest BCUT2D eigenvalue weighted by Crippen LogP contribution is 2.28. The van der Waals surface area contributed by atoms with Crippen LogP contribution in [0.5, 0.6) is 0 Å².